The average Bonchev–Trinajstić information content (AvgIpc) is 2.75. The lowest BCUT2D eigenvalue weighted by Gasteiger charge is -1.99. The number of imidazole rings is 1. The molecule has 8 heteroatoms. The zero-order valence-corrected chi connectivity index (χ0v) is 10.6. The monoisotopic (exact) mass is 277 g/mol. The number of pyridine rings is 1. The second-order valence-corrected chi connectivity index (χ2v) is 3.88. The molecule has 0 fully saturated rings. The SMILES string of the molecule is CCOC(=O)Cc1nc2c(C(=O)O)cccn2c1N=O. The topological polar surface area (TPSA) is 110 Å². The molecule has 0 aliphatic rings. The van der Waals surface area contributed by atoms with Crippen molar-refractivity contribution in [2.24, 2.45) is 5.18 Å². The molecule has 0 radical (unpaired) electrons. The number of nitroso groups, excluding NO2 is 1. The fraction of sp³-hybridized carbons (Fsp3) is 0.250. The Morgan fingerprint density at radius 3 is 2.85 bits per heavy atom. The van der Waals surface area contributed by atoms with E-state index in [0.717, 1.165) is 0 Å². The third-order valence-electron chi connectivity index (χ3n) is 2.63. The van der Waals surface area contributed by atoms with E-state index in [1.165, 1.54) is 22.7 Å². The van der Waals surface area contributed by atoms with Crippen molar-refractivity contribution in [1.29, 1.82) is 0 Å². The lowest BCUT2D eigenvalue weighted by Crippen LogP contribution is -2.07. The molecule has 2 aromatic heterocycles. The highest BCUT2D eigenvalue weighted by molar-refractivity contribution is 5.95. The molecule has 1 N–H and O–H groups in total. The summed E-state index contributed by atoms with van der Waals surface area (Å²) in [7, 11) is 0. The molecule has 0 aliphatic carbocycles. The first-order chi connectivity index (χ1) is 9.58. The largest absolute Gasteiger partial charge is 0.478 e. The smallest absolute Gasteiger partial charge is 0.339 e. The van der Waals surface area contributed by atoms with Crippen molar-refractivity contribution in [2.45, 2.75) is 13.3 Å². The lowest BCUT2D eigenvalue weighted by atomic mass is 10.3. The summed E-state index contributed by atoms with van der Waals surface area (Å²) >= 11 is 0. The molecule has 0 saturated heterocycles. The van der Waals surface area contributed by atoms with E-state index in [0.29, 0.717) is 0 Å². The average molecular weight is 277 g/mol. The number of nitrogens with zero attached hydrogens (tertiary/aromatic N) is 3. The van der Waals surface area contributed by atoms with Gasteiger partial charge in [-0.05, 0) is 24.2 Å². The van der Waals surface area contributed by atoms with Crippen LogP contribution < -0.4 is 0 Å². The molecule has 20 heavy (non-hydrogen) atoms. The Balaban J connectivity index is 2.55. The quantitative estimate of drug-likeness (QED) is 0.655. The number of aromatic carboxylic acids is 1. The predicted molar refractivity (Wildman–Crippen MR) is 67.9 cm³/mol. The second-order valence-electron chi connectivity index (χ2n) is 3.88. The Hall–Kier alpha value is -2.77. The highest BCUT2D eigenvalue weighted by Crippen LogP contribution is 2.24. The van der Waals surface area contributed by atoms with Gasteiger partial charge >= 0.3 is 11.9 Å². The van der Waals surface area contributed by atoms with Crippen LogP contribution in [-0.2, 0) is 16.0 Å². The summed E-state index contributed by atoms with van der Waals surface area (Å²) in [5, 5.41) is 11.9. The van der Waals surface area contributed by atoms with Gasteiger partial charge in [-0.2, -0.15) is 0 Å². The van der Waals surface area contributed by atoms with E-state index < -0.39 is 11.9 Å². The van der Waals surface area contributed by atoms with Gasteiger partial charge in [-0.1, -0.05) is 0 Å². The first-order valence-corrected chi connectivity index (χ1v) is 5.80. The van der Waals surface area contributed by atoms with E-state index in [4.69, 9.17) is 9.84 Å². The van der Waals surface area contributed by atoms with Gasteiger partial charge in [0.1, 0.15) is 11.3 Å². The summed E-state index contributed by atoms with van der Waals surface area (Å²) in [6, 6.07) is 2.81. The van der Waals surface area contributed by atoms with Gasteiger partial charge in [-0.25, -0.2) is 9.78 Å². The second kappa shape index (κ2) is 5.47. The number of rotatable bonds is 5. The number of ether oxygens (including phenoxy) is 1. The molecule has 2 rings (SSSR count). The zero-order chi connectivity index (χ0) is 14.7. The molecule has 0 atom stereocenters. The third kappa shape index (κ3) is 2.35. The van der Waals surface area contributed by atoms with Crippen LogP contribution in [0.5, 0.6) is 0 Å². The van der Waals surface area contributed by atoms with Crippen molar-refractivity contribution in [2.75, 3.05) is 6.61 Å². The summed E-state index contributed by atoms with van der Waals surface area (Å²) in [5.74, 6) is -1.84. The summed E-state index contributed by atoms with van der Waals surface area (Å²) in [5.41, 5.74) is 0.0774. The van der Waals surface area contributed by atoms with Gasteiger partial charge in [0.2, 0.25) is 5.82 Å². The molecule has 2 heterocycles. The van der Waals surface area contributed by atoms with E-state index in [9.17, 15) is 14.5 Å². The number of carbonyl (C=O) groups excluding carboxylic acids is 1. The van der Waals surface area contributed by atoms with E-state index in [2.05, 4.69) is 10.2 Å². The number of carboxylic acid groups (broad SMARTS) is 1. The first-order valence-electron chi connectivity index (χ1n) is 5.80. The van der Waals surface area contributed by atoms with Crippen LogP contribution >= 0.6 is 0 Å². The van der Waals surface area contributed by atoms with Crippen molar-refractivity contribution in [3.8, 4) is 0 Å². The number of hydrogen-bond donors (Lipinski definition) is 1. The summed E-state index contributed by atoms with van der Waals surface area (Å²) in [4.78, 5) is 37.5. The van der Waals surface area contributed by atoms with Crippen LogP contribution in [0, 0.1) is 4.91 Å². The molecule has 0 spiro atoms. The standard InChI is InChI=1S/C12H11N3O5/c1-2-20-9(16)6-8-11(14-19)15-5-3-4-7(12(17)18)10(15)13-8/h3-5H,2,6H2,1H3,(H,17,18). The number of esters is 1. The van der Waals surface area contributed by atoms with E-state index in [1.54, 1.807) is 6.92 Å². The molecule has 0 saturated carbocycles. The van der Waals surface area contributed by atoms with Crippen molar-refractivity contribution in [1.82, 2.24) is 9.38 Å². The first kappa shape index (κ1) is 13.7. The van der Waals surface area contributed by atoms with Gasteiger partial charge in [-0.15, -0.1) is 4.91 Å². The van der Waals surface area contributed by atoms with Crippen molar-refractivity contribution in [3.05, 3.63) is 34.5 Å². The van der Waals surface area contributed by atoms with Crippen LogP contribution in [0.15, 0.2) is 23.5 Å². The van der Waals surface area contributed by atoms with Crippen LogP contribution in [0.4, 0.5) is 5.82 Å². The Labute approximate surface area is 113 Å². The molecular formula is C12H11N3O5. The Bertz CT molecular complexity index is 692. The number of carboxylic acids is 1. The lowest BCUT2D eigenvalue weighted by molar-refractivity contribution is -0.142. The van der Waals surface area contributed by atoms with Crippen molar-refractivity contribution >= 4 is 23.4 Å². The normalized spacial score (nSPS) is 10.4. The maximum absolute atomic E-state index is 11.4. The van der Waals surface area contributed by atoms with Crippen molar-refractivity contribution < 1.29 is 19.4 Å². The number of carbonyl (C=O) groups is 2. The molecule has 0 aromatic carbocycles. The fourth-order valence-electron chi connectivity index (χ4n) is 1.83. The van der Waals surface area contributed by atoms with E-state index in [-0.39, 0.29) is 35.8 Å². The molecule has 104 valence electrons. The molecule has 0 amide bonds. The minimum Gasteiger partial charge on any atom is -0.478 e. The Morgan fingerprint density at radius 2 is 2.25 bits per heavy atom. The highest BCUT2D eigenvalue weighted by atomic mass is 16.5. The minimum absolute atomic E-state index is 0.0638. The van der Waals surface area contributed by atoms with E-state index in [1.807, 2.05) is 0 Å². The summed E-state index contributed by atoms with van der Waals surface area (Å²) in [6.07, 6.45) is 1.22. The zero-order valence-electron chi connectivity index (χ0n) is 10.6. The summed E-state index contributed by atoms with van der Waals surface area (Å²) < 4.78 is 6.01. The Morgan fingerprint density at radius 1 is 1.50 bits per heavy atom. The molecule has 0 bridgehead atoms. The Kier molecular flexibility index (Phi) is 3.74. The fourth-order valence-corrected chi connectivity index (χ4v) is 1.83. The van der Waals surface area contributed by atoms with Crippen LogP contribution in [0.1, 0.15) is 23.0 Å². The van der Waals surface area contributed by atoms with Crippen molar-refractivity contribution in [3.63, 3.8) is 0 Å². The molecular weight excluding hydrogens is 266 g/mol. The summed E-state index contributed by atoms with van der Waals surface area (Å²) in [6.45, 7) is 1.86. The highest BCUT2D eigenvalue weighted by Gasteiger charge is 2.20. The predicted octanol–water partition coefficient (Wildman–Crippen LogP) is 1.54. The van der Waals surface area contributed by atoms with Gasteiger partial charge in [0, 0.05) is 6.20 Å². The van der Waals surface area contributed by atoms with Crippen LogP contribution in [0.3, 0.4) is 0 Å². The van der Waals surface area contributed by atoms with Gasteiger partial charge < -0.3 is 9.84 Å². The van der Waals surface area contributed by atoms with Crippen LogP contribution in [0.25, 0.3) is 5.65 Å². The van der Waals surface area contributed by atoms with Gasteiger partial charge in [0.05, 0.1) is 13.0 Å². The maximum Gasteiger partial charge on any atom is 0.339 e. The van der Waals surface area contributed by atoms with Crippen LogP contribution in [-0.4, -0.2) is 33.0 Å². The molecule has 0 unspecified atom stereocenters. The number of hydrogen-bond acceptors (Lipinski definition) is 6. The molecule has 0 aliphatic heterocycles. The third-order valence-corrected chi connectivity index (χ3v) is 2.63. The number of aromatic nitrogens is 2. The van der Waals surface area contributed by atoms with E-state index >= 15 is 0 Å². The minimum atomic E-state index is -1.18. The molecule has 8 nitrogen and oxygen atoms in total. The van der Waals surface area contributed by atoms with Gasteiger partial charge in [0.25, 0.3) is 0 Å². The molecule has 2 aromatic rings. The maximum atomic E-state index is 11.4. The number of fused-ring (bicyclic) bond motifs is 1. The van der Waals surface area contributed by atoms with Gasteiger partial charge in [0.15, 0.2) is 5.65 Å². The van der Waals surface area contributed by atoms with Gasteiger partial charge in [-0.3, -0.25) is 9.20 Å². The van der Waals surface area contributed by atoms with Crippen LogP contribution in [0.2, 0.25) is 0 Å².